The Morgan fingerprint density at radius 2 is 1.56 bits per heavy atom. The highest BCUT2D eigenvalue weighted by molar-refractivity contribution is 5.46. The SMILES string of the molecule is c1ccc(N2CC[NH+](C3CC[NH+](Cc4ccncc4)CC3)CC2)cc1. The quantitative estimate of drug-likeness (QED) is 0.823. The van der Waals surface area contributed by atoms with Crippen molar-refractivity contribution in [3.8, 4) is 0 Å². The Morgan fingerprint density at radius 3 is 2.24 bits per heavy atom. The summed E-state index contributed by atoms with van der Waals surface area (Å²) in [4.78, 5) is 10.3. The van der Waals surface area contributed by atoms with E-state index in [9.17, 15) is 0 Å². The molecule has 0 unspecified atom stereocenters. The molecule has 3 heterocycles. The number of quaternary nitrogens is 2. The summed E-state index contributed by atoms with van der Waals surface area (Å²) in [5.74, 6) is 0. The number of hydrogen-bond acceptors (Lipinski definition) is 2. The average molecular weight is 338 g/mol. The summed E-state index contributed by atoms with van der Waals surface area (Å²) in [5.41, 5.74) is 2.81. The van der Waals surface area contributed by atoms with Crippen LogP contribution in [0, 0.1) is 0 Å². The van der Waals surface area contributed by atoms with Gasteiger partial charge in [-0.1, -0.05) is 18.2 Å². The second kappa shape index (κ2) is 7.98. The van der Waals surface area contributed by atoms with Crippen LogP contribution in [0.15, 0.2) is 54.9 Å². The Kier molecular flexibility index (Phi) is 5.28. The molecule has 0 amide bonds. The Hall–Kier alpha value is -1.91. The fourth-order valence-electron chi connectivity index (χ4n) is 4.50. The molecule has 2 aliphatic rings. The number of nitrogens with one attached hydrogen (secondary N) is 2. The molecule has 4 heteroatoms. The van der Waals surface area contributed by atoms with Gasteiger partial charge in [-0.3, -0.25) is 4.98 Å². The lowest BCUT2D eigenvalue weighted by atomic mass is 10.0. The number of likely N-dealkylation sites (tertiary alicyclic amines) is 1. The van der Waals surface area contributed by atoms with Crippen LogP contribution < -0.4 is 14.7 Å². The first-order chi connectivity index (χ1) is 12.4. The Balaban J connectivity index is 1.24. The molecule has 0 aliphatic carbocycles. The summed E-state index contributed by atoms with van der Waals surface area (Å²) in [5, 5.41) is 0. The van der Waals surface area contributed by atoms with Gasteiger partial charge < -0.3 is 14.7 Å². The van der Waals surface area contributed by atoms with Crippen LogP contribution in [0.4, 0.5) is 5.69 Å². The van der Waals surface area contributed by atoms with Gasteiger partial charge in [0, 0.05) is 36.5 Å². The van der Waals surface area contributed by atoms with Crippen molar-refractivity contribution in [1.82, 2.24) is 4.98 Å². The topological polar surface area (TPSA) is 25.0 Å². The Bertz CT molecular complexity index is 629. The lowest BCUT2D eigenvalue weighted by molar-refractivity contribution is -0.963. The van der Waals surface area contributed by atoms with Crippen LogP contribution >= 0.6 is 0 Å². The molecule has 25 heavy (non-hydrogen) atoms. The average Bonchev–Trinajstić information content (AvgIpc) is 2.70. The van der Waals surface area contributed by atoms with Gasteiger partial charge in [0.1, 0.15) is 6.54 Å². The van der Waals surface area contributed by atoms with Crippen molar-refractivity contribution < 1.29 is 9.80 Å². The highest BCUT2D eigenvalue weighted by Crippen LogP contribution is 2.12. The van der Waals surface area contributed by atoms with Gasteiger partial charge in [0.25, 0.3) is 0 Å². The van der Waals surface area contributed by atoms with Crippen molar-refractivity contribution in [3.63, 3.8) is 0 Å². The highest BCUT2D eigenvalue weighted by atomic mass is 15.3. The van der Waals surface area contributed by atoms with E-state index in [1.54, 1.807) is 4.90 Å². The van der Waals surface area contributed by atoms with E-state index in [-0.39, 0.29) is 0 Å². The van der Waals surface area contributed by atoms with E-state index in [0.29, 0.717) is 0 Å². The number of benzene rings is 1. The van der Waals surface area contributed by atoms with E-state index in [1.165, 1.54) is 63.4 Å². The van der Waals surface area contributed by atoms with Crippen LogP contribution in [0.5, 0.6) is 0 Å². The molecule has 2 saturated heterocycles. The van der Waals surface area contributed by atoms with E-state index in [1.807, 2.05) is 17.3 Å². The minimum absolute atomic E-state index is 0.874. The molecule has 1 aromatic carbocycles. The van der Waals surface area contributed by atoms with Crippen LogP contribution in [0.2, 0.25) is 0 Å². The molecule has 2 aromatic rings. The fourth-order valence-corrected chi connectivity index (χ4v) is 4.50. The summed E-state index contributed by atoms with van der Waals surface area (Å²) in [6.45, 7) is 8.77. The van der Waals surface area contributed by atoms with Crippen molar-refractivity contribution >= 4 is 5.69 Å². The van der Waals surface area contributed by atoms with Crippen LogP contribution in [-0.4, -0.2) is 50.3 Å². The fraction of sp³-hybridized carbons (Fsp3) is 0.476. The van der Waals surface area contributed by atoms with E-state index >= 15 is 0 Å². The molecule has 0 atom stereocenters. The molecule has 2 aliphatic heterocycles. The molecule has 0 bridgehead atoms. The summed E-state index contributed by atoms with van der Waals surface area (Å²) in [6.07, 6.45) is 6.58. The molecule has 1 aromatic heterocycles. The zero-order valence-corrected chi connectivity index (χ0v) is 15.0. The lowest BCUT2D eigenvalue weighted by Crippen LogP contribution is -3.21. The molecule has 2 N–H and O–H groups in total. The minimum Gasteiger partial charge on any atom is -0.360 e. The first-order valence-corrected chi connectivity index (χ1v) is 9.75. The van der Waals surface area contributed by atoms with Crippen molar-refractivity contribution in [2.24, 2.45) is 0 Å². The van der Waals surface area contributed by atoms with Crippen LogP contribution in [-0.2, 0) is 6.54 Å². The van der Waals surface area contributed by atoms with E-state index in [4.69, 9.17) is 0 Å². The molecule has 4 nitrogen and oxygen atoms in total. The number of rotatable bonds is 4. The number of piperidine rings is 1. The normalized spacial score (nSPS) is 25.0. The number of pyridine rings is 1. The van der Waals surface area contributed by atoms with Gasteiger partial charge in [-0.2, -0.15) is 0 Å². The first kappa shape index (κ1) is 16.6. The standard InChI is InChI=1S/C21H28N4/c1-2-4-20(5-3-1)24-14-16-25(17-15-24)21-8-12-23(13-9-21)18-19-6-10-22-11-7-19/h1-7,10-11,21H,8-9,12-18H2/p+2. The monoisotopic (exact) mass is 338 g/mol. The van der Waals surface area contributed by atoms with Gasteiger partial charge in [0.05, 0.1) is 45.3 Å². The van der Waals surface area contributed by atoms with E-state index in [2.05, 4.69) is 52.3 Å². The summed E-state index contributed by atoms with van der Waals surface area (Å²) < 4.78 is 0. The number of anilines is 1. The maximum Gasteiger partial charge on any atom is 0.103 e. The molecule has 2 fully saturated rings. The molecule has 0 saturated carbocycles. The zero-order chi connectivity index (χ0) is 16.9. The minimum atomic E-state index is 0.874. The van der Waals surface area contributed by atoms with Crippen LogP contribution in [0.3, 0.4) is 0 Å². The third kappa shape index (κ3) is 4.20. The highest BCUT2D eigenvalue weighted by Gasteiger charge is 2.32. The second-order valence-corrected chi connectivity index (χ2v) is 7.54. The predicted molar refractivity (Wildman–Crippen MR) is 101 cm³/mol. The van der Waals surface area contributed by atoms with Gasteiger partial charge in [-0.05, 0) is 24.3 Å². The number of piperazine rings is 1. The molecule has 0 spiro atoms. The molecule has 0 radical (unpaired) electrons. The van der Waals surface area contributed by atoms with Gasteiger partial charge in [0.15, 0.2) is 0 Å². The predicted octanol–water partition coefficient (Wildman–Crippen LogP) is 0.0340. The van der Waals surface area contributed by atoms with Gasteiger partial charge >= 0.3 is 0 Å². The molecular formula is C21H30N4+2. The number of hydrogen-bond donors (Lipinski definition) is 2. The zero-order valence-electron chi connectivity index (χ0n) is 15.0. The van der Waals surface area contributed by atoms with Crippen molar-refractivity contribution in [3.05, 3.63) is 60.4 Å². The maximum atomic E-state index is 4.12. The van der Waals surface area contributed by atoms with Gasteiger partial charge in [-0.25, -0.2) is 0 Å². The third-order valence-electron chi connectivity index (χ3n) is 6.00. The number of aromatic nitrogens is 1. The van der Waals surface area contributed by atoms with E-state index < -0.39 is 0 Å². The molecule has 4 rings (SSSR count). The largest absolute Gasteiger partial charge is 0.360 e. The van der Waals surface area contributed by atoms with Crippen molar-refractivity contribution in [1.29, 1.82) is 0 Å². The summed E-state index contributed by atoms with van der Waals surface area (Å²) in [7, 11) is 0. The van der Waals surface area contributed by atoms with E-state index in [0.717, 1.165) is 12.6 Å². The van der Waals surface area contributed by atoms with Crippen molar-refractivity contribution in [2.75, 3.05) is 44.2 Å². The lowest BCUT2D eigenvalue weighted by Gasteiger charge is -2.39. The number of nitrogens with zero attached hydrogens (tertiary/aromatic N) is 2. The third-order valence-corrected chi connectivity index (χ3v) is 6.00. The summed E-state index contributed by atoms with van der Waals surface area (Å²) in [6, 6.07) is 16.1. The molecule has 132 valence electrons. The second-order valence-electron chi connectivity index (χ2n) is 7.54. The summed E-state index contributed by atoms with van der Waals surface area (Å²) >= 11 is 0. The molecular weight excluding hydrogens is 308 g/mol. The van der Waals surface area contributed by atoms with Crippen LogP contribution in [0.1, 0.15) is 18.4 Å². The maximum absolute atomic E-state index is 4.12. The van der Waals surface area contributed by atoms with Crippen LogP contribution in [0.25, 0.3) is 0 Å². The smallest absolute Gasteiger partial charge is 0.103 e. The Labute approximate surface area is 151 Å². The van der Waals surface area contributed by atoms with Gasteiger partial charge in [0.2, 0.25) is 0 Å². The van der Waals surface area contributed by atoms with Gasteiger partial charge in [-0.15, -0.1) is 0 Å². The number of para-hydroxylation sites is 1. The van der Waals surface area contributed by atoms with Crippen molar-refractivity contribution in [2.45, 2.75) is 25.4 Å². The Morgan fingerprint density at radius 1 is 0.880 bits per heavy atom. The first-order valence-electron chi connectivity index (χ1n) is 9.75.